The molecule has 0 N–H and O–H groups in total. The molecule has 2 heterocycles. The van der Waals surface area contributed by atoms with Crippen LogP contribution in [0.15, 0.2) is 54.7 Å². The predicted octanol–water partition coefficient (Wildman–Crippen LogP) is 5.38. The van der Waals surface area contributed by atoms with Crippen LogP contribution in [-0.4, -0.2) is 16.0 Å². The van der Waals surface area contributed by atoms with Crippen LogP contribution in [0.1, 0.15) is 40.4 Å². The van der Waals surface area contributed by atoms with Gasteiger partial charge in [0.2, 0.25) is 0 Å². The van der Waals surface area contributed by atoms with Crippen molar-refractivity contribution in [2.45, 2.75) is 39.4 Å². The molecule has 27 heavy (non-hydrogen) atoms. The minimum Gasteiger partial charge on any atom is -0.350 e. The van der Waals surface area contributed by atoms with Gasteiger partial charge in [0.05, 0.1) is 6.04 Å². The van der Waals surface area contributed by atoms with E-state index in [4.69, 9.17) is 0 Å². The summed E-state index contributed by atoms with van der Waals surface area (Å²) in [5.74, 6) is -0.955. The highest BCUT2D eigenvalue weighted by Gasteiger charge is 2.29. The van der Waals surface area contributed by atoms with Crippen LogP contribution < -0.4 is 0 Å². The van der Waals surface area contributed by atoms with Gasteiger partial charge in [0.15, 0.2) is 0 Å². The molecule has 0 fully saturated rings. The largest absolute Gasteiger partial charge is 0.350 e. The highest BCUT2D eigenvalue weighted by Crippen LogP contribution is 2.35. The molecule has 0 bridgehead atoms. The molecule has 0 aliphatic carbocycles. The first-order valence-corrected chi connectivity index (χ1v) is 9.43. The molecule has 0 saturated heterocycles. The molecule has 1 atom stereocenters. The Morgan fingerprint density at radius 3 is 2.52 bits per heavy atom. The van der Waals surface area contributed by atoms with Crippen LogP contribution in [0, 0.1) is 25.5 Å². The van der Waals surface area contributed by atoms with Gasteiger partial charge in [-0.05, 0) is 55.7 Å². The molecule has 0 radical (unpaired) electrons. The van der Waals surface area contributed by atoms with Crippen molar-refractivity contribution in [3.63, 3.8) is 0 Å². The third-order valence-electron chi connectivity index (χ3n) is 5.51. The minimum absolute atomic E-state index is 0.0265. The smallest absolute Gasteiger partial charge is 0.130 e. The molecule has 0 spiro atoms. The van der Waals surface area contributed by atoms with Gasteiger partial charge in [0.25, 0.3) is 0 Å². The zero-order valence-electron chi connectivity index (χ0n) is 15.8. The van der Waals surface area contributed by atoms with Crippen LogP contribution in [-0.2, 0) is 13.1 Å². The molecule has 0 amide bonds. The van der Waals surface area contributed by atoms with Crippen molar-refractivity contribution >= 4 is 0 Å². The third kappa shape index (κ3) is 3.42. The summed E-state index contributed by atoms with van der Waals surface area (Å²) in [6, 6.07) is 14.7. The lowest BCUT2D eigenvalue weighted by atomic mass is 9.95. The molecule has 140 valence electrons. The van der Waals surface area contributed by atoms with Crippen LogP contribution in [0.3, 0.4) is 0 Å². The van der Waals surface area contributed by atoms with E-state index in [0.717, 1.165) is 19.5 Å². The van der Waals surface area contributed by atoms with Gasteiger partial charge in [0.1, 0.15) is 11.6 Å². The molecular formula is C23H24F2N2. The standard InChI is InChI=1S/C23H24F2N2/c1-16-9-10-17(2)18(14-16)23-22-8-4-11-26(22)12-5-13-27(23)15-19-20(24)6-3-7-21(19)25/h3-4,6-11,14,23H,5,12-13,15H2,1-2H3/t23-/m1/s1. The lowest BCUT2D eigenvalue weighted by Gasteiger charge is -2.32. The highest BCUT2D eigenvalue weighted by atomic mass is 19.1. The fraction of sp³-hybridized carbons (Fsp3) is 0.304. The van der Waals surface area contributed by atoms with E-state index in [1.165, 1.54) is 40.6 Å². The Morgan fingerprint density at radius 2 is 1.74 bits per heavy atom. The first-order valence-electron chi connectivity index (χ1n) is 9.43. The van der Waals surface area contributed by atoms with E-state index in [0.29, 0.717) is 0 Å². The Morgan fingerprint density at radius 1 is 0.963 bits per heavy atom. The van der Waals surface area contributed by atoms with Gasteiger partial charge in [-0.2, -0.15) is 0 Å². The summed E-state index contributed by atoms with van der Waals surface area (Å²) in [7, 11) is 0. The maximum absolute atomic E-state index is 14.3. The molecular weight excluding hydrogens is 342 g/mol. The molecule has 0 saturated carbocycles. The quantitative estimate of drug-likeness (QED) is 0.604. The molecule has 1 aliphatic rings. The Labute approximate surface area is 159 Å². The van der Waals surface area contributed by atoms with Crippen molar-refractivity contribution in [3.8, 4) is 0 Å². The van der Waals surface area contributed by atoms with Crippen molar-refractivity contribution in [3.05, 3.63) is 94.3 Å². The van der Waals surface area contributed by atoms with Gasteiger partial charge in [-0.1, -0.05) is 29.8 Å². The molecule has 4 heteroatoms. The zero-order chi connectivity index (χ0) is 19.0. The van der Waals surface area contributed by atoms with Crippen LogP contribution in [0.2, 0.25) is 0 Å². The SMILES string of the molecule is Cc1ccc(C)c([C@@H]2c3cccn3CCCN2Cc2c(F)cccc2F)c1. The first kappa shape index (κ1) is 17.9. The summed E-state index contributed by atoms with van der Waals surface area (Å²) < 4.78 is 31.0. The molecule has 2 aromatic carbocycles. The molecule has 0 unspecified atom stereocenters. The van der Waals surface area contributed by atoms with Crippen molar-refractivity contribution < 1.29 is 8.78 Å². The topological polar surface area (TPSA) is 8.17 Å². The van der Waals surface area contributed by atoms with Crippen LogP contribution in [0.5, 0.6) is 0 Å². The number of nitrogens with zero attached hydrogens (tertiary/aromatic N) is 2. The molecule has 2 nitrogen and oxygen atoms in total. The zero-order valence-corrected chi connectivity index (χ0v) is 15.8. The summed E-state index contributed by atoms with van der Waals surface area (Å²) in [5, 5.41) is 0. The lowest BCUT2D eigenvalue weighted by Crippen LogP contribution is -2.30. The number of hydrogen-bond donors (Lipinski definition) is 0. The number of fused-ring (bicyclic) bond motifs is 1. The van der Waals surface area contributed by atoms with E-state index in [1.807, 2.05) is 0 Å². The maximum atomic E-state index is 14.3. The molecule has 1 aromatic heterocycles. The average molecular weight is 366 g/mol. The first-order chi connectivity index (χ1) is 13.0. The average Bonchev–Trinajstić information content (AvgIpc) is 3.02. The summed E-state index contributed by atoms with van der Waals surface area (Å²) in [6.07, 6.45) is 3.04. The summed E-state index contributed by atoms with van der Waals surface area (Å²) in [4.78, 5) is 2.21. The van der Waals surface area contributed by atoms with E-state index in [9.17, 15) is 8.78 Å². The van der Waals surface area contributed by atoms with E-state index in [2.05, 4.69) is 59.8 Å². The van der Waals surface area contributed by atoms with Gasteiger partial charge < -0.3 is 4.57 Å². The van der Waals surface area contributed by atoms with Crippen molar-refractivity contribution in [2.24, 2.45) is 0 Å². The number of aromatic nitrogens is 1. The van der Waals surface area contributed by atoms with Gasteiger partial charge in [-0.3, -0.25) is 4.90 Å². The molecule has 1 aliphatic heterocycles. The van der Waals surface area contributed by atoms with Crippen LogP contribution >= 0.6 is 0 Å². The fourth-order valence-electron chi connectivity index (χ4n) is 4.11. The highest BCUT2D eigenvalue weighted by molar-refractivity contribution is 5.38. The second kappa shape index (κ2) is 7.28. The lowest BCUT2D eigenvalue weighted by molar-refractivity contribution is 0.213. The Bertz CT molecular complexity index is 941. The van der Waals surface area contributed by atoms with E-state index >= 15 is 0 Å². The van der Waals surface area contributed by atoms with Crippen LogP contribution in [0.4, 0.5) is 8.78 Å². The summed E-state index contributed by atoms with van der Waals surface area (Å²) in [5.41, 5.74) is 4.91. The Balaban J connectivity index is 1.82. The Kier molecular flexibility index (Phi) is 4.83. The maximum Gasteiger partial charge on any atom is 0.130 e. The Hall–Kier alpha value is -2.46. The van der Waals surface area contributed by atoms with Gasteiger partial charge in [-0.25, -0.2) is 8.78 Å². The van der Waals surface area contributed by atoms with E-state index < -0.39 is 11.6 Å². The number of aryl methyl sites for hydroxylation is 3. The monoisotopic (exact) mass is 366 g/mol. The van der Waals surface area contributed by atoms with Gasteiger partial charge in [-0.15, -0.1) is 0 Å². The number of rotatable bonds is 3. The predicted molar refractivity (Wildman–Crippen MR) is 104 cm³/mol. The van der Waals surface area contributed by atoms with Gasteiger partial charge >= 0.3 is 0 Å². The fourth-order valence-corrected chi connectivity index (χ4v) is 4.11. The van der Waals surface area contributed by atoms with Crippen molar-refractivity contribution in [1.29, 1.82) is 0 Å². The van der Waals surface area contributed by atoms with Crippen molar-refractivity contribution in [2.75, 3.05) is 6.54 Å². The van der Waals surface area contributed by atoms with Gasteiger partial charge in [0, 0.05) is 37.1 Å². The molecule has 4 rings (SSSR count). The summed E-state index contributed by atoms with van der Waals surface area (Å²) >= 11 is 0. The minimum atomic E-state index is -0.477. The second-order valence-electron chi connectivity index (χ2n) is 7.41. The number of benzene rings is 2. The third-order valence-corrected chi connectivity index (χ3v) is 5.51. The van der Waals surface area contributed by atoms with E-state index in [1.54, 1.807) is 0 Å². The van der Waals surface area contributed by atoms with E-state index in [-0.39, 0.29) is 18.2 Å². The summed E-state index contributed by atoms with van der Waals surface area (Å²) in [6.45, 7) is 6.14. The van der Waals surface area contributed by atoms with Crippen LogP contribution in [0.25, 0.3) is 0 Å². The second-order valence-corrected chi connectivity index (χ2v) is 7.41. The normalized spacial score (nSPS) is 17.6. The molecule has 3 aromatic rings. The number of halogens is 2. The van der Waals surface area contributed by atoms with Crippen molar-refractivity contribution in [1.82, 2.24) is 9.47 Å². The number of hydrogen-bond acceptors (Lipinski definition) is 1.